The van der Waals surface area contributed by atoms with Gasteiger partial charge in [0.25, 0.3) is 5.56 Å². The molecule has 2 aromatic carbocycles. The van der Waals surface area contributed by atoms with Crippen LogP contribution < -0.4 is 5.56 Å². The van der Waals surface area contributed by atoms with E-state index >= 15 is 0 Å². The van der Waals surface area contributed by atoms with Gasteiger partial charge in [-0.3, -0.25) is 9.36 Å². The molecule has 1 aromatic heterocycles. The Morgan fingerprint density at radius 2 is 1.95 bits per heavy atom. The standard InChI is InChI=1S/C15H9BrCl2N2O/c16-11-7-9(5-6-12(11)18)20-14(8-17)19-13-4-2-1-3-10(13)15(20)21/h1-7H,8H2. The summed E-state index contributed by atoms with van der Waals surface area (Å²) in [7, 11) is 0. The van der Waals surface area contributed by atoms with Gasteiger partial charge in [-0.05, 0) is 46.3 Å². The number of para-hydroxylation sites is 1. The lowest BCUT2D eigenvalue weighted by Crippen LogP contribution is -2.23. The number of rotatable bonds is 2. The summed E-state index contributed by atoms with van der Waals surface area (Å²) < 4.78 is 2.22. The number of benzene rings is 2. The molecule has 0 amide bonds. The molecular weight excluding hydrogens is 375 g/mol. The van der Waals surface area contributed by atoms with E-state index in [1.807, 2.05) is 12.1 Å². The lowest BCUT2D eigenvalue weighted by molar-refractivity contribution is 0.881. The van der Waals surface area contributed by atoms with Gasteiger partial charge in [0.15, 0.2) is 0 Å². The molecule has 0 aliphatic carbocycles. The topological polar surface area (TPSA) is 34.9 Å². The highest BCUT2D eigenvalue weighted by molar-refractivity contribution is 9.10. The Balaban J connectivity index is 2.37. The smallest absolute Gasteiger partial charge is 0.266 e. The number of hydrogen-bond donors (Lipinski definition) is 0. The van der Waals surface area contributed by atoms with E-state index in [1.54, 1.807) is 30.3 Å². The van der Waals surface area contributed by atoms with Gasteiger partial charge >= 0.3 is 0 Å². The molecule has 1 heterocycles. The highest BCUT2D eigenvalue weighted by atomic mass is 79.9. The average molecular weight is 384 g/mol. The van der Waals surface area contributed by atoms with Crippen molar-refractivity contribution in [2.24, 2.45) is 0 Å². The lowest BCUT2D eigenvalue weighted by Gasteiger charge is -2.12. The van der Waals surface area contributed by atoms with Crippen LogP contribution in [0.3, 0.4) is 0 Å². The molecule has 0 bridgehead atoms. The van der Waals surface area contributed by atoms with Gasteiger partial charge in [0.05, 0.1) is 27.5 Å². The van der Waals surface area contributed by atoms with E-state index in [4.69, 9.17) is 23.2 Å². The van der Waals surface area contributed by atoms with Gasteiger partial charge in [-0.1, -0.05) is 23.7 Å². The quantitative estimate of drug-likeness (QED) is 0.609. The third-order valence-corrected chi connectivity index (χ3v) is 4.58. The zero-order chi connectivity index (χ0) is 15.0. The summed E-state index contributed by atoms with van der Waals surface area (Å²) in [5.41, 5.74) is 1.16. The van der Waals surface area contributed by atoms with Crippen molar-refractivity contribution in [3.8, 4) is 5.69 Å². The largest absolute Gasteiger partial charge is 0.268 e. The summed E-state index contributed by atoms with van der Waals surface area (Å²) in [5, 5.41) is 1.13. The lowest BCUT2D eigenvalue weighted by atomic mass is 10.2. The first-order valence-electron chi connectivity index (χ1n) is 6.14. The van der Waals surface area contributed by atoms with Gasteiger partial charge in [-0.15, -0.1) is 11.6 Å². The van der Waals surface area contributed by atoms with E-state index in [1.165, 1.54) is 4.57 Å². The fourth-order valence-electron chi connectivity index (χ4n) is 2.16. The molecule has 6 heteroatoms. The normalized spacial score (nSPS) is 11.0. The van der Waals surface area contributed by atoms with Crippen LogP contribution in [0.2, 0.25) is 5.02 Å². The molecule has 0 radical (unpaired) electrons. The molecule has 0 unspecified atom stereocenters. The zero-order valence-corrected chi connectivity index (χ0v) is 13.8. The molecule has 0 spiro atoms. The summed E-state index contributed by atoms with van der Waals surface area (Å²) >= 11 is 15.3. The van der Waals surface area contributed by atoms with E-state index in [0.717, 1.165) is 0 Å². The number of aromatic nitrogens is 2. The molecule has 106 valence electrons. The second-order valence-electron chi connectivity index (χ2n) is 4.42. The van der Waals surface area contributed by atoms with Gasteiger partial charge in [0.2, 0.25) is 0 Å². The Morgan fingerprint density at radius 3 is 2.67 bits per heavy atom. The molecule has 3 rings (SSSR count). The van der Waals surface area contributed by atoms with Crippen molar-refractivity contribution in [3.63, 3.8) is 0 Å². The summed E-state index contributed by atoms with van der Waals surface area (Å²) in [6.45, 7) is 0. The summed E-state index contributed by atoms with van der Waals surface area (Å²) in [4.78, 5) is 17.2. The van der Waals surface area contributed by atoms with E-state index in [-0.39, 0.29) is 11.4 Å². The van der Waals surface area contributed by atoms with Crippen LogP contribution >= 0.6 is 39.1 Å². The number of fused-ring (bicyclic) bond motifs is 1. The Labute approximate surface area is 139 Å². The average Bonchev–Trinajstić information content (AvgIpc) is 2.50. The van der Waals surface area contributed by atoms with E-state index in [9.17, 15) is 4.79 Å². The molecule has 0 N–H and O–H groups in total. The van der Waals surface area contributed by atoms with Crippen LogP contribution in [0.15, 0.2) is 51.7 Å². The number of halogens is 3. The minimum atomic E-state index is -0.148. The van der Waals surface area contributed by atoms with Crippen molar-refractivity contribution in [1.82, 2.24) is 9.55 Å². The SMILES string of the molecule is O=c1c2ccccc2nc(CCl)n1-c1ccc(Cl)c(Br)c1. The van der Waals surface area contributed by atoms with Crippen molar-refractivity contribution >= 4 is 50.0 Å². The number of hydrogen-bond acceptors (Lipinski definition) is 2. The van der Waals surface area contributed by atoms with Gasteiger partial charge < -0.3 is 0 Å². The highest BCUT2D eigenvalue weighted by Crippen LogP contribution is 2.25. The van der Waals surface area contributed by atoms with E-state index in [0.29, 0.717) is 31.9 Å². The molecule has 21 heavy (non-hydrogen) atoms. The predicted octanol–water partition coefficient (Wildman–Crippen LogP) is 4.54. The van der Waals surface area contributed by atoms with Crippen molar-refractivity contribution in [2.75, 3.05) is 0 Å². The van der Waals surface area contributed by atoms with Crippen LogP contribution in [0.5, 0.6) is 0 Å². The van der Waals surface area contributed by atoms with Crippen LogP contribution in [0.1, 0.15) is 5.82 Å². The summed E-state index contributed by atoms with van der Waals surface area (Å²) in [6, 6.07) is 12.5. The molecule has 0 aliphatic heterocycles. The maximum Gasteiger partial charge on any atom is 0.266 e. The number of nitrogens with zero attached hydrogens (tertiary/aromatic N) is 2. The van der Waals surface area contributed by atoms with Crippen LogP contribution in [0, 0.1) is 0 Å². The highest BCUT2D eigenvalue weighted by Gasteiger charge is 2.12. The third kappa shape index (κ3) is 2.59. The third-order valence-electron chi connectivity index (χ3n) is 3.13. The molecule has 3 aromatic rings. The van der Waals surface area contributed by atoms with Gasteiger partial charge in [-0.2, -0.15) is 0 Å². The maximum atomic E-state index is 12.7. The Morgan fingerprint density at radius 1 is 1.19 bits per heavy atom. The van der Waals surface area contributed by atoms with Crippen LogP contribution in [-0.4, -0.2) is 9.55 Å². The molecule has 0 saturated heterocycles. The van der Waals surface area contributed by atoms with Gasteiger partial charge in [-0.25, -0.2) is 4.98 Å². The first kappa shape index (κ1) is 14.6. The van der Waals surface area contributed by atoms with E-state index < -0.39 is 0 Å². The Bertz CT molecular complexity index is 892. The van der Waals surface area contributed by atoms with Crippen molar-refractivity contribution < 1.29 is 0 Å². The molecule has 0 fully saturated rings. The van der Waals surface area contributed by atoms with E-state index in [2.05, 4.69) is 20.9 Å². The first-order valence-corrected chi connectivity index (χ1v) is 7.84. The van der Waals surface area contributed by atoms with Crippen molar-refractivity contribution in [3.05, 3.63) is 68.1 Å². The van der Waals surface area contributed by atoms with Crippen molar-refractivity contribution in [2.45, 2.75) is 5.88 Å². The molecule has 0 atom stereocenters. The second-order valence-corrected chi connectivity index (χ2v) is 5.95. The molecular formula is C15H9BrCl2N2O. The predicted molar refractivity (Wildman–Crippen MR) is 89.6 cm³/mol. The second kappa shape index (κ2) is 5.79. The fraction of sp³-hybridized carbons (Fsp3) is 0.0667. The Hall–Kier alpha value is -1.36. The van der Waals surface area contributed by atoms with Crippen LogP contribution in [-0.2, 0) is 5.88 Å². The van der Waals surface area contributed by atoms with Crippen LogP contribution in [0.4, 0.5) is 0 Å². The molecule has 3 nitrogen and oxygen atoms in total. The van der Waals surface area contributed by atoms with Crippen molar-refractivity contribution in [1.29, 1.82) is 0 Å². The van der Waals surface area contributed by atoms with Gasteiger partial charge in [0, 0.05) is 4.47 Å². The summed E-state index contributed by atoms with van der Waals surface area (Å²) in [5.74, 6) is 0.634. The first-order chi connectivity index (χ1) is 10.1. The number of alkyl halides is 1. The Kier molecular flexibility index (Phi) is 4.02. The van der Waals surface area contributed by atoms with Crippen LogP contribution in [0.25, 0.3) is 16.6 Å². The zero-order valence-electron chi connectivity index (χ0n) is 10.7. The summed E-state index contributed by atoms with van der Waals surface area (Å²) in [6.07, 6.45) is 0. The molecule has 0 saturated carbocycles. The minimum absolute atomic E-state index is 0.139. The molecule has 0 aliphatic rings. The monoisotopic (exact) mass is 382 g/mol. The maximum absolute atomic E-state index is 12.7. The minimum Gasteiger partial charge on any atom is -0.268 e. The fourth-order valence-corrected chi connectivity index (χ4v) is 2.82. The van der Waals surface area contributed by atoms with Gasteiger partial charge in [0.1, 0.15) is 5.82 Å².